The van der Waals surface area contributed by atoms with Gasteiger partial charge in [-0.1, -0.05) is 98.9 Å². The van der Waals surface area contributed by atoms with Crippen molar-refractivity contribution in [1.29, 1.82) is 0 Å². The molecule has 0 saturated carbocycles. The average molecular weight is 521 g/mol. The van der Waals surface area contributed by atoms with Gasteiger partial charge in [0.2, 0.25) is 0 Å². The molecule has 0 aliphatic carbocycles. The number of benzene rings is 1. The molecule has 1 unspecified atom stereocenters. The van der Waals surface area contributed by atoms with E-state index >= 15 is 0 Å². The van der Waals surface area contributed by atoms with Gasteiger partial charge in [-0.3, -0.25) is 0 Å². The molecule has 5 nitrogen and oxygen atoms in total. The lowest BCUT2D eigenvalue weighted by Gasteiger charge is -2.15. The predicted molar refractivity (Wildman–Crippen MR) is 157 cm³/mol. The second-order valence-electron chi connectivity index (χ2n) is 8.55. The second kappa shape index (κ2) is 22.7. The van der Waals surface area contributed by atoms with Crippen molar-refractivity contribution in [1.82, 2.24) is 0 Å². The van der Waals surface area contributed by atoms with Gasteiger partial charge in [0.1, 0.15) is 11.3 Å². The van der Waals surface area contributed by atoms with Crippen LogP contribution >= 0.6 is 0 Å². The third kappa shape index (κ3) is 16.3. The zero-order valence-electron chi connectivity index (χ0n) is 23.0. The summed E-state index contributed by atoms with van der Waals surface area (Å²) in [6.45, 7) is 4.41. The number of unbranched alkanes of at least 4 members (excludes halogenated alkanes) is 1. The van der Waals surface area contributed by atoms with Crippen molar-refractivity contribution in [2.24, 2.45) is 0 Å². The van der Waals surface area contributed by atoms with Crippen molar-refractivity contribution in [3.8, 4) is 5.75 Å². The lowest BCUT2D eigenvalue weighted by atomic mass is 10.2. The maximum absolute atomic E-state index is 12.4. The van der Waals surface area contributed by atoms with Crippen molar-refractivity contribution < 1.29 is 24.2 Å². The molecule has 0 aliphatic rings. The number of hydrogen-bond donors (Lipinski definition) is 1. The van der Waals surface area contributed by atoms with E-state index in [0.29, 0.717) is 13.0 Å². The van der Waals surface area contributed by atoms with Crippen LogP contribution in [0, 0.1) is 0 Å². The number of para-hydroxylation sites is 1. The van der Waals surface area contributed by atoms with E-state index in [4.69, 9.17) is 9.47 Å². The van der Waals surface area contributed by atoms with E-state index in [1.165, 1.54) is 12.1 Å². The van der Waals surface area contributed by atoms with Gasteiger partial charge in [-0.2, -0.15) is 0 Å². The minimum Gasteiger partial charge on any atom is -0.478 e. The maximum atomic E-state index is 12.4. The molecule has 1 aromatic carbocycles. The van der Waals surface area contributed by atoms with Crippen LogP contribution in [0.15, 0.2) is 97.2 Å². The zero-order chi connectivity index (χ0) is 27.7. The van der Waals surface area contributed by atoms with Gasteiger partial charge in [0.15, 0.2) is 6.10 Å². The first-order chi connectivity index (χ1) is 18.6. The zero-order valence-corrected chi connectivity index (χ0v) is 23.0. The molecule has 0 fully saturated rings. The van der Waals surface area contributed by atoms with Crippen molar-refractivity contribution >= 4 is 11.9 Å². The first-order valence-corrected chi connectivity index (χ1v) is 13.7. The molecule has 0 saturated heterocycles. The first kappa shape index (κ1) is 32.6. The first-order valence-electron chi connectivity index (χ1n) is 13.7. The molecule has 0 amide bonds. The smallest absolute Gasteiger partial charge is 0.340 e. The molecule has 0 heterocycles. The highest BCUT2D eigenvalue weighted by Gasteiger charge is 2.21. The van der Waals surface area contributed by atoms with E-state index in [2.05, 4.69) is 79.8 Å². The topological polar surface area (TPSA) is 72.8 Å². The predicted octanol–water partition coefficient (Wildman–Crippen LogP) is 8.56. The van der Waals surface area contributed by atoms with Gasteiger partial charge in [0.25, 0.3) is 0 Å². The monoisotopic (exact) mass is 520 g/mol. The van der Waals surface area contributed by atoms with Crippen LogP contribution in [0.25, 0.3) is 0 Å². The van der Waals surface area contributed by atoms with E-state index in [9.17, 15) is 14.7 Å². The summed E-state index contributed by atoms with van der Waals surface area (Å²) in [5, 5.41) is 9.22. The fourth-order valence-corrected chi connectivity index (χ4v) is 3.33. The largest absolute Gasteiger partial charge is 0.478 e. The third-order valence-electron chi connectivity index (χ3n) is 5.39. The average Bonchev–Trinajstić information content (AvgIpc) is 2.91. The van der Waals surface area contributed by atoms with Crippen LogP contribution < -0.4 is 4.74 Å². The fraction of sp³-hybridized carbons (Fsp3) is 0.394. The summed E-state index contributed by atoms with van der Waals surface area (Å²) in [6, 6.07) is 6.08. The van der Waals surface area contributed by atoms with Gasteiger partial charge in [-0.05, 0) is 69.9 Å². The van der Waals surface area contributed by atoms with Crippen molar-refractivity contribution in [2.45, 2.75) is 77.7 Å². The number of rotatable bonds is 20. The number of carbonyl (C=O) groups is 2. The van der Waals surface area contributed by atoms with Crippen LogP contribution in [-0.2, 0) is 9.53 Å². The van der Waals surface area contributed by atoms with E-state index in [1.54, 1.807) is 12.1 Å². The lowest BCUT2D eigenvalue weighted by molar-refractivity contribution is -0.147. The maximum Gasteiger partial charge on any atom is 0.340 e. The minimum absolute atomic E-state index is 0.0324. The Bertz CT molecular complexity index is 965. The van der Waals surface area contributed by atoms with Crippen LogP contribution in [0.5, 0.6) is 5.75 Å². The van der Waals surface area contributed by atoms with Gasteiger partial charge in [-0.15, -0.1) is 0 Å². The Hall–Kier alpha value is -3.44. The van der Waals surface area contributed by atoms with Crippen LogP contribution in [0.4, 0.5) is 0 Å². The van der Waals surface area contributed by atoms with Crippen molar-refractivity contribution in [3.05, 3.63) is 103 Å². The molecule has 206 valence electrons. The number of hydrogen-bond acceptors (Lipinski definition) is 4. The van der Waals surface area contributed by atoms with E-state index < -0.39 is 18.0 Å². The van der Waals surface area contributed by atoms with Gasteiger partial charge in [0, 0.05) is 6.61 Å². The van der Waals surface area contributed by atoms with Gasteiger partial charge < -0.3 is 14.6 Å². The normalized spacial score (nSPS) is 13.2. The number of allylic oxidation sites excluding steroid dienone is 12. The van der Waals surface area contributed by atoms with Crippen molar-refractivity contribution in [2.75, 3.05) is 6.61 Å². The summed E-state index contributed by atoms with van der Waals surface area (Å²) in [4.78, 5) is 23.7. The Labute approximate surface area is 228 Å². The van der Waals surface area contributed by atoms with Crippen molar-refractivity contribution in [3.63, 3.8) is 0 Å². The number of esters is 1. The number of carbonyl (C=O) groups excluding carboxylic acids is 1. The standard InChI is InChI=1S/C33H44O5/c1-3-5-6-7-8-9-10-11-12-13-14-15-16-17-18-19-20-21-22-25-28-37-30(4-2)33(36)38-31-27-24-23-26-29(31)32(34)35/h5-6,8-9,11-12,14-15,17-18,20-21,23-24,26-27,30H,3-4,7,10,13,16,19,22,25,28H2,1-2H3,(H,34,35)/b6-5-,9-8-,12-11-,15-14-,18-17-,21-20-. The highest BCUT2D eigenvalue weighted by atomic mass is 16.6. The summed E-state index contributed by atoms with van der Waals surface area (Å²) in [5.74, 6) is -1.68. The van der Waals surface area contributed by atoms with Crippen LogP contribution in [0.2, 0.25) is 0 Å². The fourth-order valence-electron chi connectivity index (χ4n) is 3.33. The van der Waals surface area contributed by atoms with E-state index in [0.717, 1.165) is 51.4 Å². The van der Waals surface area contributed by atoms with Gasteiger partial charge in [-0.25, -0.2) is 9.59 Å². The molecule has 38 heavy (non-hydrogen) atoms. The molecular formula is C33H44O5. The Morgan fingerprint density at radius 3 is 1.76 bits per heavy atom. The molecule has 5 heteroatoms. The molecule has 0 spiro atoms. The molecule has 1 atom stereocenters. The number of aromatic carboxylic acids is 1. The molecule has 0 aliphatic heterocycles. The highest BCUT2D eigenvalue weighted by molar-refractivity contribution is 5.92. The van der Waals surface area contributed by atoms with Crippen LogP contribution in [-0.4, -0.2) is 29.8 Å². The molecule has 0 radical (unpaired) electrons. The minimum atomic E-state index is -1.14. The highest BCUT2D eigenvalue weighted by Crippen LogP contribution is 2.19. The second-order valence-corrected chi connectivity index (χ2v) is 8.55. The number of carboxylic acid groups (broad SMARTS) is 1. The summed E-state index contributed by atoms with van der Waals surface area (Å²) in [7, 11) is 0. The van der Waals surface area contributed by atoms with Crippen LogP contribution in [0.3, 0.4) is 0 Å². The summed E-state index contributed by atoms with van der Waals surface area (Å²) < 4.78 is 11.0. The Kier molecular flexibility index (Phi) is 19.5. The molecule has 0 aromatic heterocycles. The third-order valence-corrected chi connectivity index (χ3v) is 5.39. The van der Waals surface area contributed by atoms with Gasteiger partial charge >= 0.3 is 11.9 Å². The molecule has 1 aromatic rings. The molecule has 1 rings (SSSR count). The Balaban J connectivity index is 2.12. The Morgan fingerprint density at radius 1 is 0.763 bits per heavy atom. The number of carboxylic acids is 1. The Morgan fingerprint density at radius 2 is 1.26 bits per heavy atom. The summed E-state index contributed by atoms with van der Waals surface area (Å²) in [5.41, 5.74) is -0.0478. The quantitative estimate of drug-likeness (QED) is 0.0807. The molecule has 0 bridgehead atoms. The lowest BCUT2D eigenvalue weighted by Crippen LogP contribution is -2.29. The summed E-state index contributed by atoms with van der Waals surface area (Å²) >= 11 is 0. The van der Waals surface area contributed by atoms with Gasteiger partial charge in [0.05, 0.1) is 0 Å². The van der Waals surface area contributed by atoms with E-state index in [-0.39, 0.29) is 11.3 Å². The molecular weight excluding hydrogens is 476 g/mol. The summed E-state index contributed by atoms with van der Waals surface area (Å²) in [6.07, 6.45) is 33.4. The number of ether oxygens (including phenoxy) is 2. The molecule has 1 N–H and O–H groups in total. The SMILES string of the molecule is CC/C=C\C/C=C\C/C=C\C/C=C\C/C=C\C/C=C\CCCOC(CC)C(=O)Oc1ccccc1C(=O)O. The van der Waals surface area contributed by atoms with Crippen LogP contribution in [0.1, 0.15) is 82.0 Å². The van der Waals surface area contributed by atoms with E-state index in [1.807, 2.05) is 6.92 Å².